The molecule has 0 radical (unpaired) electrons. The van der Waals surface area contributed by atoms with Crippen molar-refractivity contribution in [1.82, 2.24) is 15.1 Å². The van der Waals surface area contributed by atoms with Gasteiger partial charge in [-0.05, 0) is 37.3 Å². The topological polar surface area (TPSA) is 70.3 Å². The van der Waals surface area contributed by atoms with Crippen LogP contribution in [0.3, 0.4) is 0 Å². The number of fused-ring (bicyclic) bond motifs is 1. The summed E-state index contributed by atoms with van der Waals surface area (Å²) in [5.41, 5.74) is 2.59. The van der Waals surface area contributed by atoms with Gasteiger partial charge in [-0.25, -0.2) is 0 Å². The van der Waals surface area contributed by atoms with Crippen molar-refractivity contribution < 1.29 is 14.0 Å². The third kappa shape index (κ3) is 2.28. The molecule has 2 aromatic heterocycles. The van der Waals surface area contributed by atoms with Crippen LogP contribution in [0.25, 0.3) is 22.7 Å². The van der Waals surface area contributed by atoms with Crippen LogP contribution >= 0.6 is 0 Å². The predicted octanol–water partition coefficient (Wildman–Crippen LogP) is 2.88. The van der Waals surface area contributed by atoms with Gasteiger partial charge in [0.05, 0.1) is 5.69 Å². The number of aromatic nitrogens is 3. The summed E-state index contributed by atoms with van der Waals surface area (Å²) < 4.78 is 16.3. The minimum absolute atomic E-state index is 0.485. The van der Waals surface area contributed by atoms with Crippen LogP contribution < -0.4 is 9.47 Å². The molecule has 0 N–H and O–H groups in total. The van der Waals surface area contributed by atoms with E-state index in [9.17, 15) is 0 Å². The molecule has 1 aliphatic heterocycles. The molecular formula is C16H13N3O3. The molecule has 6 nitrogen and oxygen atoms in total. The van der Waals surface area contributed by atoms with Crippen molar-refractivity contribution in [3.8, 4) is 34.2 Å². The second kappa shape index (κ2) is 5.14. The van der Waals surface area contributed by atoms with Crippen LogP contribution in [0.4, 0.5) is 0 Å². The van der Waals surface area contributed by atoms with E-state index < -0.39 is 0 Å². The van der Waals surface area contributed by atoms with E-state index in [-0.39, 0.29) is 0 Å². The summed E-state index contributed by atoms with van der Waals surface area (Å²) in [6.45, 7) is 2.93. The summed E-state index contributed by atoms with van der Waals surface area (Å²) >= 11 is 0. The molecule has 0 atom stereocenters. The van der Waals surface area contributed by atoms with Crippen molar-refractivity contribution in [3.05, 3.63) is 42.4 Å². The zero-order chi connectivity index (χ0) is 14.9. The van der Waals surface area contributed by atoms with Gasteiger partial charge in [0.1, 0.15) is 13.2 Å². The van der Waals surface area contributed by atoms with E-state index in [2.05, 4.69) is 15.1 Å². The third-order valence-electron chi connectivity index (χ3n) is 3.37. The second-order valence-electron chi connectivity index (χ2n) is 4.93. The summed E-state index contributed by atoms with van der Waals surface area (Å²) in [7, 11) is 0. The number of ether oxygens (including phenoxy) is 2. The molecule has 0 unspecified atom stereocenters. The normalized spacial score (nSPS) is 13.1. The highest BCUT2D eigenvalue weighted by molar-refractivity contribution is 5.68. The number of aryl methyl sites for hydroxylation is 1. The van der Waals surface area contributed by atoms with Crippen LogP contribution in [-0.4, -0.2) is 28.3 Å². The van der Waals surface area contributed by atoms with Gasteiger partial charge in [0.15, 0.2) is 17.3 Å². The van der Waals surface area contributed by atoms with Crippen molar-refractivity contribution in [2.75, 3.05) is 13.2 Å². The van der Waals surface area contributed by atoms with Crippen LogP contribution in [0.1, 0.15) is 5.82 Å². The number of nitrogens with zero attached hydrogens (tertiary/aromatic N) is 3. The highest BCUT2D eigenvalue weighted by Gasteiger charge is 2.14. The van der Waals surface area contributed by atoms with E-state index in [4.69, 9.17) is 14.0 Å². The van der Waals surface area contributed by atoms with Crippen LogP contribution in [0.15, 0.2) is 41.1 Å². The first kappa shape index (κ1) is 12.8. The van der Waals surface area contributed by atoms with E-state index in [0.29, 0.717) is 24.9 Å². The van der Waals surface area contributed by atoms with Crippen LogP contribution in [-0.2, 0) is 0 Å². The van der Waals surface area contributed by atoms with Crippen LogP contribution in [0.5, 0.6) is 11.5 Å². The van der Waals surface area contributed by atoms with Gasteiger partial charge in [-0.3, -0.25) is 4.98 Å². The van der Waals surface area contributed by atoms with Crippen molar-refractivity contribution in [2.45, 2.75) is 6.92 Å². The average Bonchev–Trinajstić information content (AvgIpc) is 3.01. The molecule has 0 amide bonds. The van der Waals surface area contributed by atoms with Gasteiger partial charge in [-0.15, -0.1) is 0 Å². The monoisotopic (exact) mass is 295 g/mol. The minimum atomic E-state index is 0.485. The number of hydrogen-bond acceptors (Lipinski definition) is 6. The fourth-order valence-corrected chi connectivity index (χ4v) is 2.34. The largest absolute Gasteiger partial charge is 0.486 e. The standard InChI is InChI=1S/C16H13N3O3/c1-10-18-16(22-19-10)12-4-5-17-13(8-12)11-2-3-14-15(9-11)21-7-6-20-14/h2-5,8-9H,6-7H2,1H3. The van der Waals surface area contributed by atoms with Gasteiger partial charge in [-0.2, -0.15) is 4.98 Å². The Morgan fingerprint density at radius 2 is 1.82 bits per heavy atom. The van der Waals surface area contributed by atoms with Crippen molar-refractivity contribution in [2.24, 2.45) is 0 Å². The zero-order valence-electron chi connectivity index (χ0n) is 11.9. The Morgan fingerprint density at radius 3 is 2.64 bits per heavy atom. The highest BCUT2D eigenvalue weighted by Crippen LogP contribution is 2.34. The van der Waals surface area contributed by atoms with Gasteiger partial charge in [0.25, 0.3) is 5.89 Å². The van der Waals surface area contributed by atoms with Gasteiger partial charge in [0.2, 0.25) is 0 Å². The number of benzene rings is 1. The quantitative estimate of drug-likeness (QED) is 0.724. The first-order valence-corrected chi connectivity index (χ1v) is 6.96. The molecular weight excluding hydrogens is 282 g/mol. The molecule has 1 aromatic carbocycles. The third-order valence-corrected chi connectivity index (χ3v) is 3.37. The lowest BCUT2D eigenvalue weighted by Crippen LogP contribution is -2.15. The minimum Gasteiger partial charge on any atom is -0.486 e. The zero-order valence-corrected chi connectivity index (χ0v) is 11.9. The molecule has 22 heavy (non-hydrogen) atoms. The maximum absolute atomic E-state index is 5.61. The summed E-state index contributed by atoms with van der Waals surface area (Å²) in [4.78, 5) is 8.64. The Hall–Kier alpha value is -2.89. The summed E-state index contributed by atoms with van der Waals surface area (Å²) in [5.74, 6) is 2.59. The Bertz CT molecular complexity index is 829. The second-order valence-corrected chi connectivity index (χ2v) is 4.93. The van der Waals surface area contributed by atoms with Crippen LogP contribution in [0, 0.1) is 6.92 Å². The summed E-state index contributed by atoms with van der Waals surface area (Å²) in [5, 5.41) is 3.81. The van der Waals surface area contributed by atoms with Gasteiger partial charge in [-0.1, -0.05) is 5.16 Å². The van der Waals surface area contributed by atoms with E-state index in [1.807, 2.05) is 30.3 Å². The lowest BCUT2D eigenvalue weighted by atomic mass is 10.1. The molecule has 0 aliphatic carbocycles. The SMILES string of the molecule is Cc1noc(-c2ccnc(-c3ccc4c(c3)OCCO4)c2)n1. The van der Waals surface area contributed by atoms with E-state index in [1.54, 1.807) is 13.1 Å². The summed E-state index contributed by atoms with van der Waals surface area (Å²) in [6.07, 6.45) is 1.72. The number of hydrogen-bond donors (Lipinski definition) is 0. The van der Waals surface area contributed by atoms with E-state index in [1.165, 1.54) is 0 Å². The maximum Gasteiger partial charge on any atom is 0.258 e. The van der Waals surface area contributed by atoms with E-state index >= 15 is 0 Å². The number of pyridine rings is 1. The molecule has 0 fully saturated rings. The lowest BCUT2D eigenvalue weighted by molar-refractivity contribution is 0.171. The van der Waals surface area contributed by atoms with Crippen molar-refractivity contribution in [3.63, 3.8) is 0 Å². The predicted molar refractivity (Wildman–Crippen MR) is 78.7 cm³/mol. The highest BCUT2D eigenvalue weighted by atomic mass is 16.6. The Labute approximate surface area is 126 Å². The summed E-state index contributed by atoms with van der Waals surface area (Å²) in [6, 6.07) is 9.54. The van der Waals surface area contributed by atoms with Gasteiger partial charge < -0.3 is 14.0 Å². The van der Waals surface area contributed by atoms with Gasteiger partial charge >= 0.3 is 0 Å². The van der Waals surface area contributed by atoms with E-state index in [0.717, 1.165) is 28.3 Å². The Kier molecular flexibility index (Phi) is 3.00. The first-order chi connectivity index (χ1) is 10.8. The molecule has 0 saturated carbocycles. The fraction of sp³-hybridized carbons (Fsp3) is 0.188. The molecule has 4 rings (SSSR count). The molecule has 1 aliphatic rings. The number of rotatable bonds is 2. The molecule has 3 heterocycles. The Morgan fingerprint density at radius 1 is 0.955 bits per heavy atom. The first-order valence-electron chi connectivity index (χ1n) is 6.96. The lowest BCUT2D eigenvalue weighted by Gasteiger charge is -2.18. The molecule has 110 valence electrons. The van der Waals surface area contributed by atoms with Gasteiger partial charge in [0, 0.05) is 17.3 Å². The van der Waals surface area contributed by atoms with Crippen molar-refractivity contribution >= 4 is 0 Å². The van der Waals surface area contributed by atoms with Crippen molar-refractivity contribution in [1.29, 1.82) is 0 Å². The molecule has 6 heteroatoms. The molecule has 0 bridgehead atoms. The average molecular weight is 295 g/mol. The Balaban J connectivity index is 1.73. The van der Waals surface area contributed by atoms with Crippen LogP contribution in [0.2, 0.25) is 0 Å². The molecule has 0 spiro atoms. The molecule has 0 saturated heterocycles. The fourth-order valence-electron chi connectivity index (χ4n) is 2.34. The maximum atomic E-state index is 5.61. The smallest absolute Gasteiger partial charge is 0.258 e. The molecule has 3 aromatic rings.